The minimum Gasteiger partial charge on any atom is -0.496 e. The van der Waals surface area contributed by atoms with Gasteiger partial charge in [0.1, 0.15) is 11.5 Å². The van der Waals surface area contributed by atoms with Crippen molar-refractivity contribution in [2.75, 3.05) is 19.5 Å². The summed E-state index contributed by atoms with van der Waals surface area (Å²) in [6, 6.07) is 3.71. The summed E-state index contributed by atoms with van der Waals surface area (Å²) in [7, 11) is 3.20. The van der Waals surface area contributed by atoms with Crippen molar-refractivity contribution in [2.45, 2.75) is 27.2 Å². The highest BCUT2D eigenvalue weighted by Crippen LogP contribution is 2.29. The number of carbonyl (C=O) groups is 1. The first-order chi connectivity index (χ1) is 10.4. The topological polar surface area (TPSA) is 60.5 Å². The van der Waals surface area contributed by atoms with Gasteiger partial charge in [0.25, 0.3) is 0 Å². The number of ether oxygens (including phenoxy) is 2. The number of anilines is 1. The maximum Gasteiger partial charge on any atom is 0.230 e. The Kier molecular flexibility index (Phi) is 5.03. The molecule has 0 aliphatic rings. The fraction of sp³-hybridized carbons (Fsp3) is 0.375. The first kappa shape index (κ1) is 16.3. The minimum atomic E-state index is -0.127. The van der Waals surface area contributed by atoms with Crippen LogP contribution >= 0.6 is 11.3 Å². The molecule has 22 heavy (non-hydrogen) atoms. The number of aryl methyl sites for hydroxylation is 3. The summed E-state index contributed by atoms with van der Waals surface area (Å²) in [6.07, 6.45) is 0.206. The molecule has 0 radical (unpaired) electrons. The van der Waals surface area contributed by atoms with Gasteiger partial charge in [0.2, 0.25) is 5.91 Å². The Morgan fingerprint density at radius 3 is 2.41 bits per heavy atom. The number of hydrogen-bond donors (Lipinski definition) is 1. The molecule has 1 amide bonds. The average Bonchev–Trinajstić information content (AvgIpc) is 2.78. The van der Waals surface area contributed by atoms with Gasteiger partial charge in [-0.1, -0.05) is 0 Å². The van der Waals surface area contributed by atoms with Gasteiger partial charge in [-0.05, 0) is 38.5 Å². The fourth-order valence-electron chi connectivity index (χ4n) is 2.11. The lowest BCUT2D eigenvalue weighted by Gasteiger charge is -2.12. The van der Waals surface area contributed by atoms with Crippen molar-refractivity contribution in [1.82, 2.24) is 4.98 Å². The second kappa shape index (κ2) is 6.79. The van der Waals surface area contributed by atoms with E-state index in [1.807, 2.05) is 32.9 Å². The molecular formula is C16H20N2O3S. The zero-order valence-electron chi connectivity index (χ0n) is 13.4. The number of rotatable bonds is 5. The largest absolute Gasteiger partial charge is 0.496 e. The van der Waals surface area contributed by atoms with E-state index >= 15 is 0 Å². The molecule has 5 nitrogen and oxygen atoms in total. The summed E-state index contributed by atoms with van der Waals surface area (Å²) in [5.41, 5.74) is 2.69. The Labute approximate surface area is 134 Å². The molecule has 118 valence electrons. The molecule has 2 rings (SSSR count). The van der Waals surface area contributed by atoms with Crippen molar-refractivity contribution in [2.24, 2.45) is 0 Å². The maximum absolute atomic E-state index is 12.2. The Morgan fingerprint density at radius 1 is 1.18 bits per heavy atom. The maximum atomic E-state index is 12.2. The van der Waals surface area contributed by atoms with E-state index in [-0.39, 0.29) is 12.3 Å². The summed E-state index contributed by atoms with van der Waals surface area (Å²) in [5, 5.41) is 3.45. The molecular weight excluding hydrogens is 300 g/mol. The summed E-state index contributed by atoms with van der Waals surface area (Å²) in [4.78, 5) is 17.6. The molecule has 6 heteroatoms. The SMILES string of the molecule is COc1cc(CC(=O)Nc2nc(C)c(C)s2)c(OC)cc1C. The molecule has 1 N–H and O–H groups in total. The van der Waals surface area contributed by atoms with E-state index in [4.69, 9.17) is 9.47 Å². The summed E-state index contributed by atoms with van der Waals surface area (Å²) >= 11 is 1.47. The Morgan fingerprint density at radius 2 is 1.86 bits per heavy atom. The highest BCUT2D eigenvalue weighted by molar-refractivity contribution is 7.15. The molecule has 0 unspecified atom stereocenters. The quantitative estimate of drug-likeness (QED) is 0.918. The molecule has 2 aromatic rings. The van der Waals surface area contributed by atoms with E-state index in [1.54, 1.807) is 14.2 Å². The third kappa shape index (κ3) is 3.57. The van der Waals surface area contributed by atoms with Gasteiger partial charge in [0, 0.05) is 10.4 Å². The Hall–Kier alpha value is -2.08. The van der Waals surface area contributed by atoms with Crippen LogP contribution in [-0.4, -0.2) is 25.1 Å². The van der Waals surface area contributed by atoms with Gasteiger partial charge < -0.3 is 14.8 Å². The van der Waals surface area contributed by atoms with E-state index in [0.717, 1.165) is 27.4 Å². The van der Waals surface area contributed by atoms with Crippen molar-refractivity contribution in [3.8, 4) is 11.5 Å². The van der Waals surface area contributed by atoms with Crippen molar-refractivity contribution >= 4 is 22.4 Å². The van der Waals surface area contributed by atoms with Crippen LogP contribution in [0.2, 0.25) is 0 Å². The van der Waals surface area contributed by atoms with E-state index in [0.29, 0.717) is 10.9 Å². The average molecular weight is 320 g/mol. The second-order valence-electron chi connectivity index (χ2n) is 5.02. The molecule has 0 aliphatic carbocycles. The standard InChI is InChI=1S/C16H20N2O3S/c1-9-6-14(21-5)12(7-13(9)20-4)8-15(19)18-16-17-10(2)11(3)22-16/h6-7H,8H2,1-5H3,(H,17,18,19). The van der Waals surface area contributed by atoms with Crippen LogP contribution in [0.3, 0.4) is 0 Å². The van der Waals surface area contributed by atoms with Crippen molar-refractivity contribution in [3.05, 3.63) is 33.8 Å². The van der Waals surface area contributed by atoms with Gasteiger partial charge in [0.15, 0.2) is 5.13 Å². The zero-order chi connectivity index (χ0) is 16.3. The van der Waals surface area contributed by atoms with Crippen LogP contribution in [0, 0.1) is 20.8 Å². The zero-order valence-corrected chi connectivity index (χ0v) is 14.3. The predicted octanol–water partition coefficient (Wildman–Crippen LogP) is 3.27. The van der Waals surface area contributed by atoms with Gasteiger partial charge >= 0.3 is 0 Å². The molecule has 1 heterocycles. The van der Waals surface area contributed by atoms with E-state index in [9.17, 15) is 4.79 Å². The van der Waals surface area contributed by atoms with Gasteiger partial charge in [0.05, 0.1) is 26.3 Å². The molecule has 0 bridgehead atoms. The smallest absolute Gasteiger partial charge is 0.230 e. The first-order valence-corrected chi connectivity index (χ1v) is 7.71. The highest BCUT2D eigenvalue weighted by Gasteiger charge is 2.14. The van der Waals surface area contributed by atoms with Crippen LogP contribution in [0.15, 0.2) is 12.1 Å². The lowest BCUT2D eigenvalue weighted by molar-refractivity contribution is -0.115. The molecule has 0 spiro atoms. The van der Waals surface area contributed by atoms with E-state index in [2.05, 4.69) is 10.3 Å². The molecule has 0 fully saturated rings. The number of methoxy groups -OCH3 is 2. The monoisotopic (exact) mass is 320 g/mol. The number of aromatic nitrogens is 1. The fourth-order valence-corrected chi connectivity index (χ4v) is 2.95. The number of nitrogens with one attached hydrogen (secondary N) is 1. The molecule has 0 saturated heterocycles. The Balaban J connectivity index is 2.16. The van der Waals surface area contributed by atoms with Crippen LogP contribution in [-0.2, 0) is 11.2 Å². The van der Waals surface area contributed by atoms with Crippen molar-refractivity contribution < 1.29 is 14.3 Å². The predicted molar refractivity (Wildman–Crippen MR) is 88.2 cm³/mol. The molecule has 0 atom stereocenters. The number of carbonyl (C=O) groups excluding carboxylic acids is 1. The molecule has 0 saturated carbocycles. The summed E-state index contributed by atoms with van der Waals surface area (Å²) < 4.78 is 10.7. The van der Waals surface area contributed by atoms with Crippen LogP contribution in [0.1, 0.15) is 21.7 Å². The number of thiazole rings is 1. The van der Waals surface area contributed by atoms with Crippen LogP contribution in [0.5, 0.6) is 11.5 Å². The normalized spacial score (nSPS) is 10.4. The van der Waals surface area contributed by atoms with Crippen molar-refractivity contribution in [1.29, 1.82) is 0 Å². The lowest BCUT2D eigenvalue weighted by atomic mass is 10.1. The van der Waals surface area contributed by atoms with E-state index in [1.165, 1.54) is 11.3 Å². The third-order valence-electron chi connectivity index (χ3n) is 3.42. The summed E-state index contributed by atoms with van der Waals surface area (Å²) in [6.45, 7) is 5.85. The first-order valence-electron chi connectivity index (χ1n) is 6.90. The number of amides is 1. The second-order valence-corrected chi connectivity index (χ2v) is 6.22. The molecule has 0 aliphatic heterocycles. The number of benzene rings is 1. The van der Waals surface area contributed by atoms with Gasteiger partial charge in [-0.25, -0.2) is 4.98 Å². The Bertz CT molecular complexity index is 675. The van der Waals surface area contributed by atoms with E-state index < -0.39 is 0 Å². The van der Waals surface area contributed by atoms with Crippen LogP contribution in [0.25, 0.3) is 0 Å². The van der Waals surface area contributed by atoms with Crippen LogP contribution < -0.4 is 14.8 Å². The number of nitrogens with zero attached hydrogens (tertiary/aromatic N) is 1. The lowest BCUT2D eigenvalue weighted by Crippen LogP contribution is -2.15. The highest BCUT2D eigenvalue weighted by atomic mass is 32.1. The van der Waals surface area contributed by atoms with Crippen molar-refractivity contribution in [3.63, 3.8) is 0 Å². The van der Waals surface area contributed by atoms with Crippen LogP contribution in [0.4, 0.5) is 5.13 Å². The van der Waals surface area contributed by atoms with Gasteiger partial charge in [-0.15, -0.1) is 11.3 Å². The molecule has 1 aromatic heterocycles. The molecule has 1 aromatic carbocycles. The third-order valence-corrected chi connectivity index (χ3v) is 4.41. The summed E-state index contributed by atoms with van der Waals surface area (Å²) in [5.74, 6) is 1.29. The van der Waals surface area contributed by atoms with Gasteiger partial charge in [-0.2, -0.15) is 0 Å². The van der Waals surface area contributed by atoms with Gasteiger partial charge in [-0.3, -0.25) is 4.79 Å². The number of hydrogen-bond acceptors (Lipinski definition) is 5. The minimum absolute atomic E-state index is 0.127.